The van der Waals surface area contributed by atoms with Crippen LogP contribution in [0.4, 0.5) is 0 Å². The van der Waals surface area contributed by atoms with Crippen molar-refractivity contribution in [3.05, 3.63) is 35.2 Å². The molecule has 6 nitrogen and oxygen atoms in total. The molecule has 1 aromatic carbocycles. The number of hydrogen-bond donors (Lipinski definition) is 0. The minimum Gasteiger partial charge on any atom is -0.493 e. The maximum absolute atomic E-state index is 11.2. The zero-order valence-corrected chi connectivity index (χ0v) is 14.1. The van der Waals surface area contributed by atoms with E-state index in [4.69, 9.17) is 9.47 Å². The molecule has 0 N–H and O–H groups in total. The van der Waals surface area contributed by atoms with Crippen LogP contribution in [-0.2, 0) is 13.0 Å². The predicted molar refractivity (Wildman–Crippen MR) is 87.2 cm³/mol. The summed E-state index contributed by atoms with van der Waals surface area (Å²) in [7, 11) is 3.21. The number of nitrogens with zero attached hydrogens (tertiary/aromatic N) is 3. The molecule has 1 aromatic heterocycles. The first-order valence-electron chi connectivity index (χ1n) is 7.67. The molecular weight excluding hydrogens is 294 g/mol. The summed E-state index contributed by atoms with van der Waals surface area (Å²) < 4.78 is 12.4. The third-order valence-electron chi connectivity index (χ3n) is 3.72. The highest BCUT2D eigenvalue weighted by Crippen LogP contribution is 2.28. The lowest BCUT2D eigenvalue weighted by molar-refractivity contribution is 0.111. The van der Waals surface area contributed by atoms with E-state index in [-0.39, 0.29) is 0 Å². The molecule has 2 aromatic rings. The van der Waals surface area contributed by atoms with E-state index in [0.29, 0.717) is 29.5 Å². The first kappa shape index (κ1) is 17.0. The average Bonchev–Trinajstić information content (AvgIpc) is 2.94. The number of hydrogen-bond acceptors (Lipinski definition) is 5. The molecule has 0 atom stereocenters. The van der Waals surface area contributed by atoms with E-state index < -0.39 is 0 Å². The summed E-state index contributed by atoms with van der Waals surface area (Å²) in [6.07, 6.45) is 2.31. The van der Waals surface area contributed by atoms with Crippen molar-refractivity contribution >= 4 is 6.29 Å². The van der Waals surface area contributed by atoms with E-state index in [1.165, 1.54) is 0 Å². The SMILES string of the molecule is COc1ccc(Cc2c(C=O)nnn2CCC(C)C)cc1OC. The van der Waals surface area contributed by atoms with Gasteiger partial charge in [0.15, 0.2) is 17.8 Å². The summed E-state index contributed by atoms with van der Waals surface area (Å²) in [4.78, 5) is 11.2. The summed E-state index contributed by atoms with van der Waals surface area (Å²) in [5.74, 6) is 1.91. The standard InChI is InChI=1S/C17H23N3O3/c1-12(2)7-8-20-15(14(11-21)18-19-20)9-13-5-6-16(22-3)17(10-13)23-4/h5-6,10-12H,7-9H2,1-4H3. The Labute approximate surface area is 136 Å². The number of ether oxygens (including phenoxy) is 2. The predicted octanol–water partition coefficient (Wildman–Crippen LogP) is 2.74. The molecule has 124 valence electrons. The Morgan fingerprint density at radius 3 is 2.57 bits per heavy atom. The molecular formula is C17H23N3O3. The lowest BCUT2D eigenvalue weighted by Crippen LogP contribution is -2.09. The lowest BCUT2D eigenvalue weighted by atomic mass is 10.1. The third kappa shape index (κ3) is 4.09. The molecule has 0 saturated carbocycles. The molecule has 1 heterocycles. The molecule has 0 spiro atoms. The van der Waals surface area contributed by atoms with Gasteiger partial charge in [-0.25, -0.2) is 4.68 Å². The van der Waals surface area contributed by atoms with Gasteiger partial charge in [-0.3, -0.25) is 4.79 Å². The van der Waals surface area contributed by atoms with E-state index in [2.05, 4.69) is 24.2 Å². The van der Waals surface area contributed by atoms with Gasteiger partial charge in [0.05, 0.1) is 19.9 Å². The number of carbonyl (C=O) groups excluding carboxylic acids is 1. The first-order chi connectivity index (χ1) is 11.1. The minimum atomic E-state index is 0.392. The van der Waals surface area contributed by atoms with Crippen LogP contribution in [0.15, 0.2) is 18.2 Å². The van der Waals surface area contributed by atoms with Crippen LogP contribution >= 0.6 is 0 Å². The Hall–Kier alpha value is -2.37. The van der Waals surface area contributed by atoms with Crippen molar-refractivity contribution in [3.63, 3.8) is 0 Å². The number of aldehydes is 1. The Balaban J connectivity index is 2.28. The topological polar surface area (TPSA) is 66.2 Å². The van der Waals surface area contributed by atoms with Crippen LogP contribution in [0.3, 0.4) is 0 Å². The molecule has 23 heavy (non-hydrogen) atoms. The highest BCUT2D eigenvalue weighted by atomic mass is 16.5. The number of rotatable bonds is 8. The quantitative estimate of drug-likeness (QED) is 0.700. The fraction of sp³-hybridized carbons (Fsp3) is 0.471. The van der Waals surface area contributed by atoms with Gasteiger partial charge < -0.3 is 9.47 Å². The molecule has 0 aliphatic carbocycles. The largest absolute Gasteiger partial charge is 0.493 e. The highest BCUT2D eigenvalue weighted by molar-refractivity contribution is 5.73. The molecule has 0 bridgehead atoms. The smallest absolute Gasteiger partial charge is 0.172 e. The van der Waals surface area contributed by atoms with Crippen molar-refractivity contribution in [2.45, 2.75) is 33.2 Å². The van der Waals surface area contributed by atoms with Crippen LogP contribution in [0.25, 0.3) is 0 Å². The summed E-state index contributed by atoms with van der Waals surface area (Å²) in [5.41, 5.74) is 2.23. The van der Waals surface area contributed by atoms with Crippen molar-refractivity contribution in [1.29, 1.82) is 0 Å². The number of benzene rings is 1. The maximum atomic E-state index is 11.2. The van der Waals surface area contributed by atoms with Crippen LogP contribution in [0.5, 0.6) is 11.5 Å². The van der Waals surface area contributed by atoms with E-state index in [9.17, 15) is 4.79 Å². The summed E-state index contributed by atoms with van der Waals surface area (Å²) in [6, 6.07) is 5.72. The Morgan fingerprint density at radius 2 is 1.96 bits per heavy atom. The second-order valence-corrected chi connectivity index (χ2v) is 5.81. The highest BCUT2D eigenvalue weighted by Gasteiger charge is 2.14. The molecule has 0 amide bonds. The van der Waals surface area contributed by atoms with Crippen molar-refractivity contribution < 1.29 is 14.3 Å². The van der Waals surface area contributed by atoms with Gasteiger partial charge in [0.1, 0.15) is 5.69 Å². The molecule has 0 aliphatic heterocycles. The fourth-order valence-corrected chi connectivity index (χ4v) is 2.36. The lowest BCUT2D eigenvalue weighted by Gasteiger charge is -2.11. The van der Waals surface area contributed by atoms with E-state index >= 15 is 0 Å². The molecule has 2 rings (SSSR count). The van der Waals surface area contributed by atoms with Gasteiger partial charge in [0.2, 0.25) is 0 Å². The Morgan fingerprint density at radius 1 is 1.22 bits per heavy atom. The van der Waals surface area contributed by atoms with Crippen molar-refractivity contribution in [2.75, 3.05) is 14.2 Å². The Kier molecular flexibility index (Phi) is 5.73. The van der Waals surface area contributed by atoms with E-state index in [1.54, 1.807) is 14.2 Å². The zero-order valence-electron chi connectivity index (χ0n) is 14.1. The van der Waals surface area contributed by atoms with Gasteiger partial charge in [-0.15, -0.1) is 5.10 Å². The van der Waals surface area contributed by atoms with Gasteiger partial charge >= 0.3 is 0 Å². The minimum absolute atomic E-state index is 0.392. The van der Waals surface area contributed by atoms with Crippen LogP contribution < -0.4 is 9.47 Å². The van der Waals surface area contributed by atoms with Crippen LogP contribution in [0.1, 0.15) is 42.0 Å². The zero-order chi connectivity index (χ0) is 16.8. The van der Waals surface area contributed by atoms with Gasteiger partial charge in [-0.2, -0.15) is 0 Å². The van der Waals surface area contributed by atoms with Crippen molar-refractivity contribution in [2.24, 2.45) is 5.92 Å². The number of aromatic nitrogens is 3. The van der Waals surface area contributed by atoms with Gasteiger partial charge in [0, 0.05) is 13.0 Å². The normalized spacial score (nSPS) is 10.8. The second-order valence-electron chi connectivity index (χ2n) is 5.81. The molecule has 0 radical (unpaired) electrons. The van der Waals surface area contributed by atoms with Gasteiger partial charge in [0.25, 0.3) is 0 Å². The van der Waals surface area contributed by atoms with Crippen LogP contribution in [0.2, 0.25) is 0 Å². The number of methoxy groups -OCH3 is 2. The summed E-state index contributed by atoms with van der Waals surface area (Å²) in [6.45, 7) is 5.07. The van der Waals surface area contributed by atoms with E-state index in [0.717, 1.165) is 30.5 Å². The van der Waals surface area contributed by atoms with Gasteiger partial charge in [-0.05, 0) is 30.0 Å². The summed E-state index contributed by atoms with van der Waals surface area (Å²) >= 11 is 0. The molecule has 0 aliphatic rings. The van der Waals surface area contributed by atoms with Crippen LogP contribution in [-0.4, -0.2) is 35.5 Å². The van der Waals surface area contributed by atoms with Crippen LogP contribution in [0, 0.1) is 5.92 Å². The van der Waals surface area contributed by atoms with E-state index in [1.807, 2.05) is 22.9 Å². The molecule has 6 heteroatoms. The average molecular weight is 317 g/mol. The van der Waals surface area contributed by atoms with Crippen molar-refractivity contribution in [3.8, 4) is 11.5 Å². The second kappa shape index (κ2) is 7.76. The molecule has 0 fully saturated rings. The maximum Gasteiger partial charge on any atom is 0.172 e. The van der Waals surface area contributed by atoms with Gasteiger partial charge in [-0.1, -0.05) is 25.1 Å². The Bertz CT molecular complexity index is 665. The van der Waals surface area contributed by atoms with Crippen molar-refractivity contribution in [1.82, 2.24) is 15.0 Å². The molecule has 0 saturated heterocycles. The number of carbonyl (C=O) groups is 1. The number of aryl methyl sites for hydroxylation is 1. The first-order valence-corrected chi connectivity index (χ1v) is 7.67. The third-order valence-corrected chi connectivity index (χ3v) is 3.72. The fourth-order valence-electron chi connectivity index (χ4n) is 2.36. The monoisotopic (exact) mass is 317 g/mol. The molecule has 0 unspecified atom stereocenters. The summed E-state index contributed by atoms with van der Waals surface area (Å²) in [5, 5.41) is 8.08.